The maximum absolute atomic E-state index is 12.7. The van der Waals surface area contributed by atoms with Crippen molar-refractivity contribution in [3.05, 3.63) is 88.5 Å². The van der Waals surface area contributed by atoms with Gasteiger partial charge in [0, 0.05) is 39.5 Å². The zero-order valence-corrected chi connectivity index (χ0v) is 15.5. The number of aromatic nitrogens is 1. The fourth-order valence-corrected chi connectivity index (χ4v) is 3.76. The molecule has 30 heavy (non-hydrogen) atoms. The second kappa shape index (κ2) is 6.59. The third kappa shape index (κ3) is 2.80. The first-order valence-corrected chi connectivity index (χ1v) is 9.23. The van der Waals surface area contributed by atoms with E-state index in [1.807, 2.05) is 36.4 Å². The second-order valence-corrected chi connectivity index (χ2v) is 7.01. The average molecular weight is 397 g/mol. The lowest BCUT2D eigenvalue weighted by molar-refractivity contribution is -0.384. The summed E-state index contributed by atoms with van der Waals surface area (Å²) in [4.78, 5) is 26.5. The number of carbonyl (C=O) groups is 1. The van der Waals surface area contributed by atoms with Crippen LogP contribution in [0.25, 0.3) is 32.6 Å². The van der Waals surface area contributed by atoms with Crippen LogP contribution in [0.3, 0.4) is 0 Å². The van der Waals surface area contributed by atoms with E-state index in [-0.39, 0.29) is 22.7 Å². The molecule has 0 saturated heterocycles. The lowest BCUT2D eigenvalue weighted by atomic mass is 10.0. The molecule has 7 heteroatoms. The molecule has 0 radical (unpaired) electrons. The van der Waals surface area contributed by atoms with Crippen molar-refractivity contribution in [2.75, 3.05) is 5.32 Å². The molecule has 7 nitrogen and oxygen atoms in total. The van der Waals surface area contributed by atoms with Gasteiger partial charge in [0.05, 0.1) is 16.0 Å². The molecule has 0 unspecified atom stereocenters. The van der Waals surface area contributed by atoms with Gasteiger partial charge in [0.25, 0.3) is 11.6 Å². The van der Waals surface area contributed by atoms with E-state index in [2.05, 4.69) is 10.3 Å². The van der Waals surface area contributed by atoms with Gasteiger partial charge in [-0.15, -0.1) is 0 Å². The van der Waals surface area contributed by atoms with Crippen LogP contribution in [-0.4, -0.2) is 20.9 Å². The summed E-state index contributed by atoms with van der Waals surface area (Å²) in [5.41, 5.74) is 2.11. The Bertz CT molecular complexity index is 1490. The molecular formula is C23H15N3O4. The van der Waals surface area contributed by atoms with Crippen LogP contribution in [0.2, 0.25) is 0 Å². The summed E-state index contributed by atoms with van der Waals surface area (Å²) in [7, 11) is 0. The molecule has 4 aromatic carbocycles. The highest BCUT2D eigenvalue weighted by atomic mass is 16.6. The van der Waals surface area contributed by atoms with Crippen LogP contribution in [0.15, 0.2) is 72.8 Å². The molecule has 0 aliphatic carbocycles. The Morgan fingerprint density at radius 1 is 0.933 bits per heavy atom. The number of fused-ring (bicyclic) bond motifs is 5. The molecule has 5 aromatic rings. The Kier molecular flexibility index (Phi) is 3.89. The largest absolute Gasteiger partial charge is 0.507 e. The van der Waals surface area contributed by atoms with Crippen LogP contribution in [0.5, 0.6) is 5.75 Å². The number of para-hydroxylation sites is 1. The molecule has 146 valence electrons. The molecule has 0 aliphatic rings. The molecule has 3 N–H and O–H groups in total. The Hall–Kier alpha value is -4.39. The fourth-order valence-electron chi connectivity index (χ4n) is 3.76. The Labute approximate surface area is 169 Å². The van der Waals surface area contributed by atoms with Crippen molar-refractivity contribution in [3.8, 4) is 5.75 Å². The highest BCUT2D eigenvalue weighted by Crippen LogP contribution is 2.34. The summed E-state index contributed by atoms with van der Waals surface area (Å²) in [6.45, 7) is 0. The van der Waals surface area contributed by atoms with E-state index in [1.54, 1.807) is 18.2 Å². The van der Waals surface area contributed by atoms with Crippen molar-refractivity contribution in [2.24, 2.45) is 0 Å². The van der Waals surface area contributed by atoms with Gasteiger partial charge in [-0.3, -0.25) is 14.9 Å². The molecule has 1 aromatic heterocycles. The third-order valence-corrected chi connectivity index (χ3v) is 5.17. The first kappa shape index (κ1) is 17.7. The zero-order chi connectivity index (χ0) is 20.8. The number of benzene rings is 4. The number of anilines is 1. The maximum Gasteiger partial charge on any atom is 0.271 e. The summed E-state index contributed by atoms with van der Waals surface area (Å²) in [5.74, 6) is -0.719. The van der Waals surface area contributed by atoms with Gasteiger partial charge >= 0.3 is 0 Å². The number of hydrogen-bond donors (Lipinski definition) is 3. The number of phenols is 1. The summed E-state index contributed by atoms with van der Waals surface area (Å²) in [6, 6.07) is 20.7. The Morgan fingerprint density at radius 3 is 2.60 bits per heavy atom. The first-order chi connectivity index (χ1) is 14.5. The maximum atomic E-state index is 12.7. The number of H-pyrrole nitrogens is 1. The number of rotatable bonds is 3. The van der Waals surface area contributed by atoms with Crippen molar-refractivity contribution in [3.63, 3.8) is 0 Å². The van der Waals surface area contributed by atoms with E-state index in [0.29, 0.717) is 0 Å². The minimum absolute atomic E-state index is 0.0875. The monoisotopic (exact) mass is 397 g/mol. The van der Waals surface area contributed by atoms with Gasteiger partial charge in [-0.05, 0) is 29.7 Å². The summed E-state index contributed by atoms with van der Waals surface area (Å²) >= 11 is 0. The predicted molar refractivity (Wildman–Crippen MR) is 116 cm³/mol. The summed E-state index contributed by atoms with van der Waals surface area (Å²) in [5, 5.41) is 27.8. The molecular weight excluding hydrogens is 382 g/mol. The van der Waals surface area contributed by atoms with Crippen molar-refractivity contribution >= 4 is 49.9 Å². The number of carbonyl (C=O) groups excluding carboxylic acids is 1. The number of nitro benzene ring substituents is 1. The van der Waals surface area contributed by atoms with E-state index >= 15 is 0 Å². The minimum atomic E-state index is -0.549. The van der Waals surface area contributed by atoms with E-state index in [9.17, 15) is 20.0 Å². The van der Waals surface area contributed by atoms with Gasteiger partial charge in [-0.1, -0.05) is 36.4 Å². The van der Waals surface area contributed by atoms with Gasteiger partial charge in [0.1, 0.15) is 5.75 Å². The van der Waals surface area contributed by atoms with Crippen molar-refractivity contribution < 1.29 is 14.8 Å². The second-order valence-electron chi connectivity index (χ2n) is 7.01. The van der Waals surface area contributed by atoms with Gasteiger partial charge in [-0.2, -0.15) is 0 Å². The van der Waals surface area contributed by atoms with Crippen LogP contribution in [0.1, 0.15) is 10.4 Å². The van der Waals surface area contributed by atoms with E-state index in [4.69, 9.17) is 0 Å². The topological polar surface area (TPSA) is 108 Å². The predicted octanol–water partition coefficient (Wildman–Crippen LogP) is 5.34. The standard InChI is InChI=1S/C23H15N3O4/c27-21-12-18-13(8-9-17-16-6-1-2-7-20(16)25-22(17)18)10-19(21)23(28)24-14-4-3-5-15(11-14)26(29)30/h1-12,25,27H,(H,24,28). The number of amides is 1. The zero-order valence-electron chi connectivity index (χ0n) is 15.5. The SMILES string of the molecule is O=C(Nc1cccc([N+](=O)[O-])c1)c1cc2ccc3c4ccccc4[nH]c3c2cc1O. The Balaban J connectivity index is 1.58. The third-order valence-electron chi connectivity index (χ3n) is 5.17. The van der Waals surface area contributed by atoms with Gasteiger partial charge in [0.15, 0.2) is 0 Å². The molecule has 0 fully saturated rings. The number of hydrogen-bond acceptors (Lipinski definition) is 4. The molecule has 5 rings (SSSR count). The van der Waals surface area contributed by atoms with Crippen LogP contribution >= 0.6 is 0 Å². The lowest BCUT2D eigenvalue weighted by Gasteiger charge is -2.09. The molecule has 1 heterocycles. The molecule has 1 amide bonds. The minimum Gasteiger partial charge on any atom is -0.507 e. The number of aromatic hydroxyl groups is 1. The van der Waals surface area contributed by atoms with Gasteiger partial charge in [-0.25, -0.2) is 0 Å². The molecule has 0 bridgehead atoms. The highest BCUT2D eigenvalue weighted by molar-refractivity contribution is 6.18. The van der Waals surface area contributed by atoms with Crippen LogP contribution in [-0.2, 0) is 0 Å². The molecule has 0 atom stereocenters. The van der Waals surface area contributed by atoms with Crippen LogP contribution < -0.4 is 5.32 Å². The smallest absolute Gasteiger partial charge is 0.271 e. The van der Waals surface area contributed by atoms with Crippen molar-refractivity contribution in [1.82, 2.24) is 4.98 Å². The average Bonchev–Trinajstić information content (AvgIpc) is 3.12. The van der Waals surface area contributed by atoms with Gasteiger partial charge < -0.3 is 15.4 Å². The number of nitrogens with zero attached hydrogens (tertiary/aromatic N) is 1. The normalized spacial score (nSPS) is 11.2. The molecule has 0 aliphatic heterocycles. The Morgan fingerprint density at radius 2 is 1.77 bits per heavy atom. The number of nitrogens with one attached hydrogen (secondary N) is 2. The molecule has 0 spiro atoms. The van der Waals surface area contributed by atoms with Crippen molar-refractivity contribution in [2.45, 2.75) is 0 Å². The summed E-state index contributed by atoms with van der Waals surface area (Å²) < 4.78 is 0. The number of nitro groups is 1. The number of aromatic amines is 1. The highest BCUT2D eigenvalue weighted by Gasteiger charge is 2.16. The number of phenolic OH excluding ortho intramolecular Hbond substituents is 1. The van der Waals surface area contributed by atoms with Crippen molar-refractivity contribution in [1.29, 1.82) is 0 Å². The van der Waals surface area contributed by atoms with Gasteiger partial charge in [0.2, 0.25) is 0 Å². The number of non-ortho nitro benzene ring substituents is 1. The van der Waals surface area contributed by atoms with E-state index in [1.165, 1.54) is 18.2 Å². The first-order valence-electron chi connectivity index (χ1n) is 9.23. The van der Waals surface area contributed by atoms with E-state index < -0.39 is 10.8 Å². The van der Waals surface area contributed by atoms with Crippen LogP contribution in [0, 0.1) is 10.1 Å². The summed E-state index contributed by atoms with van der Waals surface area (Å²) in [6.07, 6.45) is 0. The lowest BCUT2D eigenvalue weighted by Crippen LogP contribution is -2.12. The van der Waals surface area contributed by atoms with E-state index in [0.717, 1.165) is 32.6 Å². The van der Waals surface area contributed by atoms with Crippen LogP contribution in [0.4, 0.5) is 11.4 Å². The quantitative estimate of drug-likeness (QED) is 0.282. The molecule has 0 saturated carbocycles. The fraction of sp³-hybridized carbons (Fsp3) is 0.